The summed E-state index contributed by atoms with van der Waals surface area (Å²) in [4.78, 5) is 11.6. The van der Waals surface area contributed by atoms with Gasteiger partial charge in [-0.3, -0.25) is 4.79 Å². The van der Waals surface area contributed by atoms with Crippen molar-refractivity contribution in [2.75, 3.05) is 19.7 Å². The Morgan fingerprint density at radius 3 is 2.64 bits per heavy atom. The minimum Gasteiger partial charge on any atom is -0.466 e. The number of esters is 1. The van der Waals surface area contributed by atoms with Gasteiger partial charge in [-0.1, -0.05) is 0 Å². The third-order valence-corrected chi connectivity index (χ3v) is 2.88. The van der Waals surface area contributed by atoms with Crippen molar-refractivity contribution in [2.24, 2.45) is 11.3 Å². The predicted octanol–water partition coefficient (Wildman–Crippen LogP) is 1.61. The van der Waals surface area contributed by atoms with Crippen molar-refractivity contribution in [1.82, 2.24) is 5.32 Å². The van der Waals surface area contributed by atoms with E-state index in [2.05, 4.69) is 5.32 Å². The molecule has 4 heteroatoms. The molecule has 1 fully saturated rings. The fourth-order valence-corrected chi connectivity index (χ4v) is 1.75. The van der Waals surface area contributed by atoms with Crippen LogP contribution in [0.3, 0.4) is 0 Å². The van der Waals surface area contributed by atoms with Crippen LogP contribution in [0.15, 0.2) is 0 Å². The third-order valence-electron chi connectivity index (χ3n) is 2.88. The molecule has 0 aliphatic carbocycles. The number of ether oxygens (including phenoxy) is 1. The fraction of sp³-hybridized carbons (Fsp3) is 0.900. The van der Waals surface area contributed by atoms with Gasteiger partial charge in [0, 0.05) is 0 Å². The van der Waals surface area contributed by atoms with Gasteiger partial charge < -0.3 is 10.1 Å². The van der Waals surface area contributed by atoms with E-state index >= 15 is 0 Å². The first-order valence-corrected chi connectivity index (χ1v) is 4.97. The predicted molar refractivity (Wildman–Crippen MR) is 58.6 cm³/mol. The van der Waals surface area contributed by atoms with Crippen LogP contribution in [0.5, 0.6) is 0 Å². The second-order valence-electron chi connectivity index (χ2n) is 4.13. The molecule has 1 saturated heterocycles. The number of rotatable bonds is 3. The van der Waals surface area contributed by atoms with Crippen LogP contribution in [0.1, 0.15) is 27.2 Å². The standard InChI is InChI=1S/C10H19NO2.ClH/c1-4-13-9(12)10(2,3)8-5-6-11-7-8;/h8,11H,4-7H2,1-3H3;1H/t8-;/m0./s1. The molecule has 1 rings (SSSR count). The Hall–Kier alpha value is -0.280. The molecule has 0 aromatic heterocycles. The van der Waals surface area contributed by atoms with Gasteiger partial charge in [0.05, 0.1) is 12.0 Å². The second-order valence-corrected chi connectivity index (χ2v) is 4.13. The van der Waals surface area contributed by atoms with Crippen LogP contribution in [0.25, 0.3) is 0 Å². The van der Waals surface area contributed by atoms with Crippen LogP contribution >= 0.6 is 12.4 Å². The molecule has 1 aliphatic heterocycles. The zero-order chi connectivity index (χ0) is 9.90. The van der Waals surface area contributed by atoms with Gasteiger partial charge in [-0.05, 0) is 46.2 Å². The van der Waals surface area contributed by atoms with E-state index in [1.807, 2.05) is 20.8 Å². The van der Waals surface area contributed by atoms with E-state index in [-0.39, 0.29) is 23.8 Å². The van der Waals surface area contributed by atoms with Gasteiger partial charge in [-0.15, -0.1) is 12.4 Å². The first-order chi connectivity index (χ1) is 6.09. The molecule has 0 radical (unpaired) electrons. The van der Waals surface area contributed by atoms with Crippen LogP contribution < -0.4 is 5.32 Å². The highest BCUT2D eigenvalue weighted by Crippen LogP contribution is 2.32. The number of carbonyl (C=O) groups excluding carboxylic acids is 1. The highest BCUT2D eigenvalue weighted by Gasteiger charge is 2.39. The molecule has 0 aromatic carbocycles. The van der Waals surface area contributed by atoms with Crippen molar-refractivity contribution in [3.63, 3.8) is 0 Å². The average Bonchev–Trinajstić information content (AvgIpc) is 2.56. The lowest BCUT2D eigenvalue weighted by Crippen LogP contribution is -2.35. The maximum absolute atomic E-state index is 11.6. The van der Waals surface area contributed by atoms with Gasteiger partial charge in [0.2, 0.25) is 0 Å². The summed E-state index contributed by atoms with van der Waals surface area (Å²) in [5.74, 6) is 0.357. The van der Waals surface area contributed by atoms with Crippen LogP contribution in [0.2, 0.25) is 0 Å². The minimum absolute atomic E-state index is 0. The summed E-state index contributed by atoms with van der Waals surface area (Å²) in [6, 6.07) is 0. The highest BCUT2D eigenvalue weighted by molar-refractivity contribution is 5.85. The molecule has 0 aromatic rings. The third kappa shape index (κ3) is 2.85. The summed E-state index contributed by atoms with van der Waals surface area (Å²) in [5, 5.41) is 3.27. The molecule has 1 aliphatic rings. The molecular formula is C10H20ClNO2. The quantitative estimate of drug-likeness (QED) is 0.736. The van der Waals surface area contributed by atoms with Crippen LogP contribution in [-0.2, 0) is 9.53 Å². The Balaban J connectivity index is 0.00000169. The summed E-state index contributed by atoms with van der Waals surface area (Å²) in [7, 11) is 0. The Bertz CT molecular complexity index is 189. The fourth-order valence-electron chi connectivity index (χ4n) is 1.75. The van der Waals surface area contributed by atoms with E-state index in [0.717, 1.165) is 19.5 Å². The van der Waals surface area contributed by atoms with Crippen molar-refractivity contribution in [3.8, 4) is 0 Å². The van der Waals surface area contributed by atoms with Crippen molar-refractivity contribution >= 4 is 18.4 Å². The lowest BCUT2D eigenvalue weighted by molar-refractivity contribution is -0.156. The van der Waals surface area contributed by atoms with Crippen LogP contribution in [-0.4, -0.2) is 25.7 Å². The van der Waals surface area contributed by atoms with E-state index in [9.17, 15) is 4.79 Å². The van der Waals surface area contributed by atoms with Crippen molar-refractivity contribution in [2.45, 2.75) is 27.2 Å². The highest BCUT2D eigenvalue weighted by atomic mass is 35.5. The number of hydrogen-bond acceptors (Lipinski definition) is 3. The van der Waals surface area contributed by atoms with Crippen LogP contribution in [0.4, 0.5) is 0 Å². The Labute approximate surface area is 92.0 Å². The Morgan fingerprint density at radius 1 is 1.57 bits per heavy atom. The van der Waals surface area contributed by atoms with E-state index in [4.69, 9.17) is 4.74 Å². The van der Waals surface area contributed by atoms with Gasteiger partial charge in [0.25, 0.3) is 0 Å². The van der Waals surface area contributed by atoms with Crippen molar-refractivity contribution in [1.29, 1.82) is 0 Å². The molecule has 0 spiro atoms. The summed E-state index contributed by atoms with van der Waals surface area (Å²) in [6.45, 7) is 8.23. The summed E-state index contributed by atoms with van der Waals surface area (Å²) >= 11 is 0. The van der Waals surface area contributed by atoms with E-state index in [0.29, 0.717) is 12.5 Å². The van der Waals surface area contributed by atoms with Gasteiger partial charge in [-0.2, -0.15) is 0 Å². The monoisotopic (exact) mass is 221 g/mol. The normalized spacial score (nSPS) is 21.5. The number of nitrogens with one attached hydrogen (secondary N) is 1. The van der Waals surface area contributed by atoms with Crippen LogP contribution in [0, 0.1) is 11.3 Å². The first-order valence-electron chi connectivity index (χ1n) is 4.97. The largest absolute Gasteiger partial charge is 0.466 e. The molecule has 1 atom stereocenters. The van der Waals surface area contributed by atoms with E-state index in [1.165, 1.54) is 0 Å². The second kappa shape index (κ2) is 5.56. The van der Waals surface area contributed by atoms with Gasteiger partial charge in [-0.25, -0.2) is 0 Å². The first kappa shape index (κ1) is 13.7. The minimum atomic E-state index is -0.334. The molecule has 14 heavy (non-hydrogen) atoms. The molecular weight excluding hydrogens is 202 g/mol. The molecule has 0 saturated carbocycles. The molecule has 0 bridgehead atoms. The lowest BCUT2D eigenvalue weighted by atomic mass is 9.78. The lowest BCUT2D eigenvalue weighted by Gasteiger charge is -2.28. The molecule has 0 unspecified atom stereocenters. The smallest absolute Gasteiger partial charge is 0.311 e. The summed E-state index contributed by atoms with van der Waals surface area (Å²) < 4.78 is 5.05. The maximum atomic E-state index is 11.6. The zero-order valence-corrected chi connectivity index (χ0v) is 9.95. The summed E-state index contributed by atoms with van der Waals surface area (Å²) in [6.07, 6.45) is 1.08. The molecule has 3 nitrogen and oxygen atoms in total. The van der Waals surface area contributed by atoms with Gasteiger partial charge >= 0.3 is 5.97 Å². The van der Waals surface area contributed by atoms with Crippen molar-refractivity contribution in [3.05, 3.63) is 0 Å². The molecule has 1 N–H and O–H groups in total. The molecule has 1 heterocycles. The maximum Gasteiger partial charge on any atom is 0.311 e. The van der Waals surface area contributed by atoms with E-state index < -0.39 is 0 Å². The molecule has 84 valence electrons. The van der Waals surface area contributed by atoms with Gasteiger partial charge in [0.15, 0.2) is 0 Å². The summed E-state index contributed by atoms with van der Waals surface area (Å²) in [5.41, 5.74) is -0.334. The van der Waals surface area contributed by atoms with E-state index in [1.54, 1.807) is 0 Å². The average molecular weight is 222 g/mol. The Kier molecular flexibility index (Phi) is 5.45. The Morgan fingerprint density at radius 2 is 2.21 bits per heavy atom. The topological polar surface area (TPSA) is 38.3 Å². The molecule has 0 amide bonds. The van der Waals surface area contributed by atoms with Crippen molar-refractivity contribution < 1.29 is 9.53 Å². The SMILES string of the molecule is CCOC(=O)C(C)(C)[C@H]1CCNC1.Cl. The van der Waals surface area contributed by atoms with Gasteiger partial charge in [0.1, 0.15) is 0 Å². The number of halogens is 1. The number of carbonyl (C=O) groups is 1. The number of hydrogen-bond donors (Lipinski definition) is 1. The zero-order valence-electron chi connectivity index (χ0n) is 9.13.